The summed E-state index contributed by atoms with van der Waals surface area (Å²) < 4.78 is 11.3. The normalized spacial score (nSPS) is 10.7. The summed E-state index contributed by atoms with van der Waals surface area (Å²) in [4.78, 5) is 35.9. The molecule has 0 atom stereocenters. The Labute approximate surface area is 246 Å². The molecule has 0 bridgehead atoms. The Morgan fingerprint density at radius 2 is 1.67 bits per heavy atom. The minimum Gasteiger partial charge on any atom is -0.493 e. The summed E-state index contributed by atoms with van der Waals surface area (Å²) in [5.41, 5.74) is 6.37. The lowest BCUT2D eigenvalue weighted by Crippen LogP contribution is -2.31. The molecule has 0 saturated carbocycles. The summed E-state index contributed by atoms with van der Waals surface area (Å²) >= 11 is 0. The molecule has 0 aliphatic rings. The van der Waals surface area contributed by atoms with Crippen LogP contribution in [0.25, 0.3) is 11.1 Å². The summed E-state index contributed by atoms with van der Waals surface area (Å²) in [6.07, 6.45) is 0.793. The first-order valence-electron chi connectivity index (χ1n) is 13.5. The molecule has 1 heterocycles. The van der Waals surface area contributed by atoms with Crippen molar-refractivity contribution in [3.8, 4) is 22.6 Å². The minimum absolute atomic E-state index is 0.143. The number of carbonyl (C=O) groups excluding carboxylic acids is 2. The Balaban J connectivity index is 1.45. The van der Waals surface area contributed by atoms with E-state index >= 15 is 0 Å². The van der Waals surface area contributed by atoms with E-state index in [1.165, 1.54) is 24.4 Å². The van der Waals surface area contributed by atoms with Crippen molar-refractivity contribution >= 4 is 29.5 Å². The molecule has 218 valence electrons. The molecule has 0 radical (unpaired) electrons. The Kier molecular flexibility index (Phi) is 9.72. The first-order valence-corrected chi connectivity index (χ1v) is 13.5. The van der Waals surface area contributed by atoms with Crippen LogP contribution in [0.1, 0.15) is 27.0 Å². The fourth-order valence-corrected chi connectivity index (χ4v) is 4.28. The average Bonchev–Trinajstić information content (AvgIpc) is 2.96. The molecule has 10 heteroatoms. The molecule has 0 unspecified atom stereocenters. The number of amides is 2. The SMILES string of the molecule is COc1cccc(-c2ccc(C)c(C)c2C)c1OC(=O)Nc1ccnc(Nc2ccc(C(=O)NCCN(C)C)cc2)n1. The van der Waals surface area contributed by atoms with Crippen LogP contribution in [0.3, 0.4) is 0 Å². The number of carbonyl (C=O) groups is 2. The van der Waals surface area contributed by atoms with Crippen molar-refractivity contribution in [1.82, 2.24) is 20.2 Å². The van der Waals surface area contributed by atoms with Crippen LogP contribution in [0.5, 0.6) is 11.5 Å². The minimum atomic E-state index is -0.725. The summed E-state index contributed by atoms with van der Waals surface area (Å²) in [5, 5.41) is 8.64. The number of aromatic nitrogens is 2. The van der Waals surface area contributed by atoms with Crippen molar-refractivity contribution in [2.45, 2.75) is 20.8 Å². The van der Waals surface area contributed by atoms with Crippen LogP contribution in [0.2, 0.25) is 0 Å². The van der Waals surface area contributed by atoms with Crippen LogP contribution in [0.4, 0.5) is 22.2 Å². The van der Waals surface area contributed by atoms with E-state index in [4.69, 9.17) is 9.47 Å². The summed E-state index contributed by atoms with van der Waals surface area (Å²) in [6, 6.07) is 18.1. The van der Waals surface area contributed by atoms with Gasteiger partial charge >= 0.3 is 6.09 Å². The van der Waals surface area contributed by atoms with Gasteiger partial charge in [-0.3, -0.25) is 10.1 Å². The Morgan fingerprint density at radius 3 is 2.38 bits per heavy atom. The predicted molar refractivity (Wildman–Crippen MR) is 165 cm³/mol. The van der Waals surface area contributed by atoms with Crippen molar-refractivity contribution in [3.63, 3.8) is 0 Å². The molecular formula is C32H36N6O4. The number of nitrogens with zero attached hydrogens (tertiary/aromatic N) is 3. The van der Waals surface area contributed by atoms with Crippen molar-refractivity contribution in [2.24, 2.45) is 0 Å². The molecule has 0 aliphatic heterocycles. The predicted octanol–water partition coefficient (Wildman–Crippen LogP) is 5.72. The maximum atomic E-state index is 13.0. The van der Waals surface area contributed by atoms with Crippen LogP contribution in [-0.2, 0) is 0 Å². The summed E-state index contributed by atoms with van der Waals surface area (Å²) in [5.74, 6) is 1.10. The molecule has 10 nitrogen and oxygen atoms in total. The molecule has 2 amide bonds. The van der Waals surface area contributed by atoms with E-state index in [0.29, 0.717) is 29.3 Å². The van der Waals surface area contributed by atoms with Gasteiger partial charge in [0.2, 0.25) is 5.95 Å². The third-order valence-corrected chi connectivity index (χ3v) is 6.88. The van der Waals surface area contributed by atoms with E-state index in [-0.39, 0.29) is 17.7 Å². The van der Waals surface area contributed by atoms with E-state index in [1.807, 2.05) is 50.2 Å². The lowest BCUT2D eigenvalue weighted by Gasteiger charge is -2.17. The van der Waals surface area contributed by atoms with E-state index in [2.05, 4.69) is 39.8 Å². The van der Waals surface area contributed by atoms with E-state index < -0.39 is 6.09 Å². The Hall–Kier alpha value is -4.96. The highest BCUT2D eigenvalue weighted by atomic mass is 16.6. The fourth-order valence-electron chi connectivity index (χ4n) is 4.28. The van der Waals surface area contributed by atoms with E-state index in [9.17, 15) is 9.59 Å². The Bertz CT molecular complexity index is 1570. The smallest absolute Gasteiger partial charge is 0.418 e. The molecule has 4 aromatic rings. The highest BCUT2D eigenvalue weighted by Crippen LogP contribution is 2.40. The standard InChI is InChI=1S/C32H36N6O4/c1-20-10-15-25(22(3)21(20)2)26-8-7-9-27(41-6)29(26)42-32(40)37-28-16-17-34-31(36-28)35-24-13-11-23(12-14-24)30(39)33-18-19-38(4)5/h7-17H,18-19H2,1-6H3,(H,33,39)(H2,34,35,36,37,40). The van der Waals surface area contributed by atoms with Gasteiger partial charge in [0.15, 0.2) is 11.5 Å². The number of ether oxygens (including phenoxy) is 2. The van der Waals surface area contributed by atoms with Crippen molar-refractivity contribution < 1.29 is 19.1 Å². The zero-order valence-electron chi connectivity index (χ0n) is 24.7. The van der Waals surface area contributed by atoms with Gasteiger partial charge in [-0.2, -0.15) is 4.98 Å². The van der Waals surface area contributed by atoms with Crippen molar-refractivity contribution in [3.05, 3.63) is 89.1 Å². The molecule has 3 aromatic carbocycles. The fraction of sp³-hybridized carbons (Fsp3) is 0.250. The highest BCUT2D eigenvalue weighted by molar-refractivity contribution is 5.94. The number of para-hydroxylation sites is 1. The first-order chi connectivity index (χ1) is 20.2. The molecule has 0 fully saturated rings. The number of anilines is 3. The van der Waals surface area contributed by atoms with Gasteiger partial charge in [-0.25, -0.2) is 9.78 Å². The van der Waals surface area contributed by atoms with Gasteiger partial charge in [0.1, 0.15) is 5.82 Å². The first kappa shape index (κ1) is 30.0. The van der Waals surface area contributed by atoms with Gasteiger partial charge in [-0.15, -0.1) is 0 Å². The molecule has 1 aromatic heterocycles. The van der Waals surface area contributed by atoms with E-state index in [0.717, 1.165) is 23.2 Å². The molecular weight excluding hydrogens is 532 g/mol. The lowest BCUT2D eigenvalue weighted by molar-refractivity contribution is 0.0951. The van der Waals surface area contributed by atoms with Crippen LogP contribution >= 0.6 is 0 Å². The van der Waals surface area contributed by atoms with Crippen molar-refractivity contribution in [1.29, 1.82) is 0 Å². The van der Waals surface area contributed by atoms with Crippen LogP contribution in [0, 0.1) is 20.8 Å². The van der Waals surface area contributed by atoms with Crippen molar-refractivity contribution in [2.75, 3.05) is 44.9 Å². The molecule has 3 N–H and O–H groups in total. The molecule has 42 heavy (non-hydrogen) atoms. The van der Waals surface area contributed by atoms with Crippen LogP contribution < -0.4 is 25.4 Å². The third-order valence-electron chi connectivity index (χ3n) is 6.88. The number of benzene rings is 3. The van der Waals surface area contributed by atoms with Gasteiger partial charge in [0.05, 0.1) is 7.11 Å². The third kappa shape index (κ3) is 7.41. The van der Waals surface area contributed by atoms with Gasteiger partial charge in [0.25, 0.3) is 5.91 Å². The highest BCUT2D eigenvalue weighted by Gasteiger charge is 2.19. The quantitative estimate of drug-likeness (QED) is 0.222. The lowest BCUT2D eigenvalue weighted by atomic mass is 9.93. The number of rotatable bonds is 10. The molecule has 0 aliphatic carbocycles. The zero-order valence-corrected chi connectivity index (χ0v) is 24.7. The number of nitrogens with one attached hydrogen (secondary N) is 3. The van der Waals surface area contributed by atoms with Crippen LogP contribution in [-0.4, -0.2) is 61.2 Å². The average molecular weight is 569 g/mol. The number of likely N-dealkylation sites (N-methyl/N-ethyl adjacent to an activating group) is 1. The van der Waals surface area contributed by atoms with Gasteiger partial charge in [-0.1, -0.05) is 24.3 Å². The maximum Gasteiger partial charge on any atom is 0.418 e. The van der Waals surface area contributed by atoms with Crippen LogP contribution in [0.15, 0.2) is 66.9 Å². The van der Waals surface area contributed by atoms with Gasteiger partial charge < -0.3 is 25.0 Å². The maximum absolute atomic E-state index is 13.0. The van der Waals surface area contributed by atoms with E-state index in [1.54, 1.807) is 36.4 Å². The topological polar surface area (TPSA) is 118 Å². The second kappa shape index (κ2) is 13.6. The monoisotopic (exact) mass is 568 g/mol. The summed E-state index contributed by atoms with van der Waals surface area (Å²) in [6.45, 7) is 7.50. The molecule has 0 spiro atoms. The van der Waals surface area contributed by atoms with Gasteiger partial charge in [-0.05, 0) is 93.5 Å². The number of aryl methyl sites for hydroxylation is 1. The number of hydrogen-bond acceptors (Lipinski definition) is 8. The molecule has 0 saturated heterocycles. The molecule has 4 rings (SSSR count). The number of methoxy groups -OCH3 is 1. The van der Waals surface area contributed by atoms with Gasteiger partial charge in [0, 0.05) is 36.1 Å². The number of hydrogen-bond donors (Lipinski definition) is 3. The largest absolute Gasteiger partial charge is 0.493 e. The second-order valence-electron chi connectivity index (χ2n) is 10.1. The second-order valence-corrected chi connectivity index (χ2v) is 10.1. The zero-order chi connectivity index (χ0) is 30.2. The summed E-state index contributed by atoms with van der Waals surface area (Å²) in [7, 11) is 5.43. The Morgan fingerprint density at radius 1 is 0.905 bits per heavy atom.